The van der Waals surface area contributed by atoms with Gasteiger partial charge in [0, 0.05) is 36.9 Å². The van der Waals surface area contributed by atoms with E-state index in [2.05, 4.69) is 5.32 Å². The van der Waals surface area contributed by atoms with Crippen molar-refractivity contribution in [2.75, 3.05) is 6.54 Å². The van der Waals surface area contributed by atoms with E-state index >= 15 is 0 Å². The van der Waals surface area contributed by atoms with Gasteiger partial charge in [0.05, 0.1) is 6.04 Å². The van der Waals surface area contributed by atoms with Crippen molar-refractivity contribution < 1.29 is 27.5 Å². The molecule has 5 nitrogen and oxygen atoms in total. The topological polar surface area (TPSA) is 58.6 Å². The van der Waals surface area contributed by atoms with Crippen LogP contribution in [0.5, 0.6) is 5.06 Å². The number of hydrogen-bond donors (Lipinski definition) is 1. The summed E-state index contributed by atoms with van der Waals surface area (Å²) in [5.74, 6) is -4.53. The standard InChI is InChI=1S/C20H19F3N2O3S/c1-11(26)28-17-8-12-10-25(7-6-15(12)29-17)18(13-4-2-3-5-14(13)21)19(27)24-16-9-20(16,22)23/h2-5,8,16,18H,6-7,9-10H2,1H3,(H,24,27). The highest BCUT2D eigenvalue weighted by atomic mass is 32.1. The number of halogens is 3. The summed E-state index contributed by atoms with van der Waals surface area (Å²) in [5.41, 5.74) is 1.02. The molecule has 29 heavy (non-hydrogen) atoms. The normalized spacial score (nSPS) is 21.2. The van der Waals surface area contributed by atoms with Crippen LogP contribution < -0.4 is 10.1 Å². The number of fused-ring (bicyclic) bond motifs is 1. The average Bonchev–Trinajstić information content (AvgIpc) is 3.05. The van der Waals surface area contributed by atoms with E-state index in [-0.39, 0.29) is 5.56 Å². The Labute approximate surface area is 169 Å². The van der Waals surface area contributed by atoms with Gasteiger partial charge in [0.2, 0.25) is 5.91 Å². The Balaban J connectivity index is 1.60. The fraction of sp³-hybridized carbons (Fsp3) is 0.400. The van der Waals surface area contributed by atoms with Gasteiger partial charge < -0.3 is 10.1 Å². The molecule has 1 N–H and O–H groups in total. The van der Waals surface area contributed by atoms with Crippen LogP contribution in [0.25, 0.3) is 0 Å². The molecule has 1 fully saturated rings. The smallest absolute Gasteiger partial charge is 0.308 e. The second kappa shape index (κ2) is 7.46. The van der Waals surface area contributed by atoms with Gasteiger partial charge in [-0.05, 0) is 24.1 Å². The zero-order valence-electron chi connectivity index (χ0n) is 15.6. The monoisotopic (exact) mass is 424 g/mol. The Morgan fingerprint density at radius 2 is 2.07 bits per heavy atom. The molecule has 1 aliphatic heterocycles. The lowest BCUT2D eigenvalue weighted by molar-refractivity contribution is -0.131. The molecule has 9 heteroatoms. The number of esters is 1. The van der Waals surface area contributed by atoms with Gasteiger partial charge in [0.25, 0.3) is 5.92 Å². The molecule has 2 atom stereocenters. The van der Waals surface area contributed by atoms with Gasteiger partial charge in [0.15, 0.2) is 5.06 Å². The number of rotatable bonds is 5. The van der Waals surface area contributed by atoms with E-state index in [1.807, 2.05) is 0 Å². The van der Waals surface area contributed by atoms with Crippen molar-refractivity contribution in [1.82, 2.24) is 10.2 Å². The summed E-state index contributed by atoms with van der Waals surface area (Å²) in [6, 6.07) is 5.38. The first-order chi connectivity index (χ1) is 13.7. The molecule has 1 aliphatic carbocycles. The maximum atomic E-state index is 14.5. The molecule has 4 rings (SSSR count). The summed E-state index contributed by atoms with van der Waals surface area (Å²) in [5, 5.41) is 2.83. The number of nitrogens with one attached hydrogen (secondary N) is 1. The van der Waals surface area contributed by atoms with Crippen LogP contribution in [0.3, 0.4) is 0 Å². The van der Waals surface area contributed by atoms with Gasteiger partial charge in [-0.3, -0.25) is 14.5 Å². The Hall–Kier alpha value is -2.39. The third-order valence-corrected chi connectivity index (χ3v) is 6.19. The van der Waals surface area contributed by atoms with Crippen LogP contribution in [0.4, 0.5) is 13.2 Å². The molecule has 2 unspecified atom stereocenters. The number of carbonyl (C=O) groups is 2. The highest BCUT2D eigenvalue weighted by molar-refractivity contribution is 7.14. The Morgan fingerprint density at radius 3 is 2.72 bits per heavy atom. The van der Waals surface area contributed by atoms with Crippen LogP contribution >= 0.6 is 11.3 Å². The summed E-state index contributed by atoms with van der Waals surface area (Å²) in [4.78, 5) is 26.9. The zero-order valence-corrected chi connectivity index (χ0v) is 16.4. The molecule has 1 aromatic carbocycles. The third kappa shape index (κ3) is 4.16. The second-order valence-corrected chi connectivity index (χ2v) is 8.38. The molecule has 2 aliphatic rings. The molecule has 1 aromatic heterocycles. The molecule has 154 valence electrons. The molecular formula is C20H19F3N2O3S. The van der Waals surface area contributed by atoms with E-state index in [0.717, 1.165) is 10.4 Å². The first-order valence-electron chi connectivity index (χ1n) is 9.21. The number of ether oxygens (including phenoxy) is 1. The predicted octanol–water partition coefficient (Wildman–Crippen LogP) is 3.44. The maximum absolute atomic E-state index is 14.5. The number of amides is 1. The lowest BCUT2D eigenvalue weighted by Gasteiger charge is -2.34. The van der Waals surface area contributed by atoms with Crippen molar-refractivity contribution in [2.45, 2.75) is 44.3 Å². The Morgan fingerprint density at radius 1 is 1.34 bits per heavy atom. The van der Waals surface area contributed by atoms with Crippen molar-refractivity contribution in [3.63, 3.8) is 0 Å². The zero-order chi connectivity index (χ0) is 20.8. The van der Waals surface area contributed by atoms with Crippen molar-refractivity contribution in [1.29, 1.82) is 0 Å². The van der Waals surface area contributed by atoms with Gasteiger partial charge in [-0.25, -0.2) is 13.2 Å². The number of hydrogen-bond acceptors (Lipinski definition) is 5. The first kappa shape index (κ1) is 19.9. The largest absolute Gasteiger partial charge is 0.416 e. The summed E-state index contributed by atoms with van der Waals surface area (Å²) in [7, 11) is 0. The lowest BCUT2D eigenvalue weighted by Crippen LogP contribution is -2.44. The summed E-state index contributed by atoms with van der Waals surface area (Å²) >= 11 is 1.36. The van der Waals surface area contributed by atoms with Crippen molar-refractivity contribution in [3.05, 3.63) is 52.2 Å². The molecular weight excluding hydrogens is 405 g/mol. The van der Waals surface area contributed by atoms with Gasteiger partial charge in [-0.1, -0.05) is 18.2 Å². The minimum absolute atomic E-state index is 0.146. The fourth-order valence-electron chi connectivity index (χ4n) is 3.56. The van der Waals surface area contributed by atoms with E-state index in [4.69, 9.17) is 4.74 Å². The predicted molar refractivity (Wildman–Crippen MR) is 100 cm³/mol. The van der Waals surface area contributed by atoms with Crippen molar-refractivity contribution >= 4 is 23.2 Å². The van der Waals surface area contributed by atoms with Crippen LogP contribution in [-0.2, 0) is 22.6 Å². The van der Waals surface area contributed by atoms with E-state index in [1.54, 1.807) is 17.0 Å². The van der Waals surface area contributed by atoms with E-state index in [1.165, 1.54) is 36.5 Å². The van der Waals surface area contributed by atoms with Crippen LogP contribution in [0.15, 0.2) is 30.3 Å². The average molecular weight is 424 g/mol. The molecule has 0 spiro atoms. The quantitative estimate of drug-likeness (QED) is 0.748. The molecule has 1 saturated carbocycles. The number of benzene rings is 1. The highest BCUT2D eigenvalue weighted by Gasteiger charge is 2.58. The number of alkyl halides is 2. The molecule has 0 bridgehead atoms. The SMILES string of the molecule is CC(=O)Oc1cc2c(s1)CCN(C(C(=O)NC1CC1(F)F)c1ccccc1F)C2. The molecule has 2 heterocycles. The van der Waals surface area contributed by atoms with Crippen molar-refractivity contribution in [3.8, 4) is 5.06 Å². The van der Waals surface area contributed by atoms with Crippen LogP contribution in [0, 0.1) is 5.82 Å². The molecule has 0 saturated heterocycles. The van der Waals surface area contributed by atoms with Gasteiger partial charge in [-0.15, -0.1) is 11.3 Å². The number of thiophene rings is 1. The third-order valence-electron chi connectivity index (χ3n) is 5.07. The summed E-state index contributed by atoms with van der Waals surface area (Å²) in [6.45, 7) is 2.08. The summed E-state index contributed by atoms with van der Waals surface area (Å²) < 4.78 is 46.2. The molecule has 1 amide bonds. The number of nitrogens with zero attached hydrogens (tertiary/aromatic N) is 1. The molecule has 2 aromatic rings. The van der Waals surface area contributed by atoms with E-state index < -0.39 is 42.1 Å². The minimum Gasteiger partial charge on any atom is -0.416 e. The molecule has 0 radical (unpaired) electrons. The minimum atomic E-state index is -2.91. The van der Waals surface area contributed by atoms with Crippen LogP contribution in [-0.4, -0.2) is 35.3 Å². The van der Waals surface area contributed by atoms with Gasteiger partial charge in [-0.2, -0.15) is 0 Å². The van der Waals surface area contributed by atoms with Gasteiger partial charge in [0.1, 0.15) is 11.9 Å². The van der Waals surface area contributed by atoms with Crippen molar-refractivity contribution in [2.24, 2.45) is 0 Å². The number of carbonyl (C=O) groups excluding carboxylic acids is 2. The van der Waals surface area contributed by atoms with Crippen LogP contribution in [0.2, 0.25) is 0 Å². The Kier molecular flexibility index (Phi) is 5.12. The van der Waals surface area contributed by atoms with E-state index in [0.29, 0.717) is 24.6 Å². The van der Waals surface area contributed by atoms with E-state index in [9.17, 15) is 22.8 Å². The summed E-state index contributed by atoms with van der Waals surface area (Å²) in [6.07, 6.45) is 0.183. The maximum Gasteiger partial charge on any atom is 0.308 e. The first-order valence-corrected chi connectivity index (χ1v) is 10.0. The second-order valence-electron chi connectivity index (χ2n) is 7.28. The Bertz CT molecular complexity index is 962. The fourth-order valence-corrected chi connectivity index (χ4v) is 4.61. The lowest BCUT2D eigenvalue weighted by atomic mass is 10.00. The highest BCUT2D eigenvalue weighted by Crippen LogP contribution is 2.42. The van der Waals surface area contributed by atoms with Gasteiger partial charge >= 0.3 is 5.97 Å². The van der Waals surface area contributed by atoms with Crippen LogP contribution in [0.1, 0.15) is 35.4 Å².